The van der Waals surface area contributed by atoms with E-state index in [2.05, 4.69) is 20.3 Å². The monoisotopic (exact) mass is 218 g/mol. The van der Waals surface area contributed by atoms with Gasteiger partial charge in [-0.1, -0.05) is 0 Å². The summed E-state index contributed by atoms with van der Waals surface area (Å²) in [5.74, 6) is -0.162. The maximum Gasteiger partial charge on any atom is 0.275 e. The fourth-order valence-corrected chi connectivity index (χ4v) is 2.06. The van der Waals surface area contributed by atoms with Gasteiger partial charge in [0.15, 0.2) is 0 Å². The number of fused-ring (bicyclic) bond motifs is 3. The minimum Gasteiger partial charge on any atom is -0.351 e. The number of nitrogens with zero attached hydrogens (tertiary/aromatic N) is 1. The molecule has 0 spiro atoms. The van der Waals surface area contributed by atoms with Crippen LogP contribution in [0, 0.1) is 0 Å². The number of hydrogen-bond donors (Lipinski definition) is 3. The molecule has 0 fully saturated rings. The lowest BCUT2D eigenvalue weighted by molar-refractivity contribution is 0.0952. The van der Waals surface area contributed by atoms with Gasteiger partial charge >= 0.3 is 0 Å². The minimum atomic E-state index is -0.245. The molecule has 1 amide bonds. The van der Waals surface area contributed by atoms with Crippen LogP contribution in [0.15, 0.2) is 11.1 Å². The number of amides is 1. The van der Waals surface area contributed by atoms with Crippen LogP contribution in [-0.2, 0) is 6.42 Å². The molecule has 16 heavy (non-hydrogen) atoms. The lowest BCUT2D eigenvalue weighted by Gasteiger charge is -1.96. The summed E-state index contributed by atoms with van der Waals surface area (Å²) >= 11 is 0. The zero-order valence-electron chi connectivity index (χ0n) is 8.46. The minimum absolute atomic E-state index is 0.162. The van der Waals surface area contributed by atoms with Gasteiger partial charge in [0.2, 0.25) is 0 Å². The molecule has 2 aromatic heterocycles. The summed E-state index contributed by atoms with van der Waals surface area (Å²) in [6.07, 6.45) is 2.98. The van der Waals surface area contributed by atoms with Crippen molar-refractivity contribution in [2.45, 2.75) is 12.8 Å². The topological polar surface area (TPSA) is 90.6 Å². The summed E-state index contributed by atoms with van der Waals surface area (Å²) in [7, 11) is 0. The first-order chi connectivity index (χ1) is 7.77. The Morgan fingerprint density at radius 2 is 2.19 bits per heavy atom. The van der Waals surface area contributed by atoms with E-state index in [0.29, 0.717) is 23.3 Å². The lowest BCUT2D eigenvalue weighted by atomic mass is 10.1. The van der Waals surface area contributed by atoms with E-state index in [1.54, 1.807) is 0 Å². The average molecular weight is 218 g/mol. The highest BCUT2D eigenvalue weighted by Gasteiger charge is 2.21. The van der Waals surface area contributed by atoms with E-state index in [9.17, 15) is 9.59 Å². The molecule has 0 saturated carbocycles. The van der Waals surface area contributed by atoms with Crippen molar-refractivity contribution in [1.82, 2.24) is 20.3 Å². The highest BCUT2D eigenvalue weighted by molar-refractivity contribution is 6.00. The maximum absolute atomic E-state index is 11.7. The molecule has 82 valence electrons. The van der Waals surface area contributed by atoms with Crippen LogP contribution in [0.3, 0.4) is 0 Å². The number of H-pyrrole nitrogens is 2. The third-order valence-corrected chi connectivity index (χ3v) is 2.81. The SMILES string of the molecule is O=C1NCCCc2c1[nH]c1c(=O)[nH]cnc21. The second-order valence-corrected chi connectivity index (χ2v) is 3.79. The molecule has 0 unspecified atom stereocenters. The summed E-state index contributed by atoms with van der Waals surface area (Å²) in [6.45, 7) is 0.659. The quantitative estimate of drug-likeness (QED) is 0.578. The van der Waals surface area contributed by atoms with Gasteiger partial charge in [0.1, 0.15) is 11.2 Å². The van der Waals surface area contributed by atoms with Gasteiger partial charge in [-0.05, 0) is 12.8 Å². The van der Waals surface area contributed by atoms with Gasteiger partial charge in [-0.2, -0.15) is 0 Å². The highest BCUT2D eigenvalue weighted by atomic mass is 16.2. The second kappa shape index (κ2) is 3.19. The van der Waals surface area contributed by atoms with Crippen molar-refractivity contribution < 1.29 is 4.79 Å². The number of aromatic nitrogens is 3. The fourth-order valence-electron chi connectivity index (χ4n) is 2.06. The predicted molar refractivity (Wildman–Crippen MR) is 57.4 cm³/mol. The first kappa shape index (κ1) is 9.14. The molecular formula is C10H10N4O2. The summed E-state index contributed by atoms with van der Waals surface area (Å²) in [5, 5.41) is 2.77. The number of carbonyl (C=O) groups excluding carboxylic acids is 1. The molecule has 0 aliphatic carbocycles. The van der Waals surface area contributed by atoms with Gasteiger partial charge < -0.3 is 15.3 Å². The van der Waals surface area contributed by atoms with Gasteiger partial charge in [0.25, 0.3) is 11.5 Å². The van der Waals surface area contributed by atoms with Crippen LogP contribution in [0.1, 0.15) is 22.5 Å². The standard InChI is InChI=1S/C10H10N4O2/c15-9-7-5(2-1-3-11-9)6-8(14-7)10(16)13-4-12-6/h4,14H,1-3H2,(H,11,15)(H,12,13,16). The van der Waals surface area contributed by atoms with Crippen LogP contribution in [0.5, 0.6) is 0 Å². The molecule has 2 aromatic rings. The molecule has 3 rings (SSSR count). The Hall–Kier alpha value is -2.11. The van der Waals surface area contributed by atoms with Crippen LogP contribution >= 0.6 is 0 Å². The predicted octanol–water partition coefficient (Wildman–Crippen LogP) is -0.0728. The first-order valence-corrected chi connectivity index (χ1v) is 5.14. The number of aromatic amines is 2. The number of rotatable bonds is 0. The summed E-state index contributed by atoms with van der Waals surface area (Å²) in [5.41, 5.74) is 2.05. The molecule has 1 aliphatic rings. The van der Waals surface area contributed by atoms with Crippen molar-refractivity contribution in [2.75, 3.05) is 6.54 Å². The average Bonchev–Trinajstić information content (AvgIpc) is 2.55. The van der Waals surface area contributed by atoms with Crippen LogP contribution in [0.4, 0.5) is 0 Å². The molecule has 6 heteroatoms. The zero-order chi connectivity index (χ0) is 11.1. The summed E-state index contributed by atoms with van der Waals surface area (Å²) < 4.78 is 0. The van der Waals surface area contributed by atoms with Crippen molar-refractivity contribution in [3.8, 4) is 0 Å². The van der Waals surface area contributed by atoms with Crippen molar-refractivity contribution in [3.63, 3.8) is 0 Å². The second-order valence-electron chi connectivity index (χ2n) is 3.79. The summed E-state index contributed by atoms with van der Waals surface area (Å²) in [4.78, 5) is 32.7. The van der Waals surface area contributed by atoms with E-state index >= 15 is 0 Å². The smallest absolute Gasteiger partial charge is 0.275 e. The number of aryl methyl sites for hydroxylation is 1. The Kier molecular flexibility index (Phi) is 1.82. The molecule has 0 aromatic carbocycles. The van der Waals surface area contributed by atoms with Gasteiger partial charge in [-0.15, -0.1) is 0 Å². The molecule has 1 aliphatic heterocycles. The third kappa shape index (κ3) is 1.16. The van der Waals surface area contributed by atoms with E-state index in [0.717, 1.165) is 18.4 Å². The summed E-state index contributed by atoms with van der Waals surface area (Å²) in [6, 6.07) is 0. The van der Waals surface area contributed by atoms with Crippen LogP contribution < -0.4 is 10.9 Å². The molecule has 0 bridgehead atoms. The van der Waals surface area contributed by atoms with Gasteiger partial charge in [-0.25, -0.2) is 4.98 Å². The van der Waals surface area contributed by atoms with Crippen molar-refractivity contribution in [1.29, 1.82) is 0 Å². The van der Waals surface area contributed by atoms with Crippen LogP contribution in [-0.4, -0.2) is 27.4 Å². The maximum atomic E-state index is 11.7. The Morgan fingerprint density at radius 3 is 3.06 bits per heavy atom. The Morgan fingerprint density at radius 1 is 1.31 bits per heavy atom. The van der Waals surface area contributed by atoms with Crippen molar-refractivity contribution in [2.24, 2.45) is 0 Å². The van der Waals surface area contributed by atoms with Gasteiger partial charge in [0.05, 0.1) is 11.8 Å². The Bertz CT molecular complexity index is 625. The van der Waals surface area contributed by atoms with E-state index in [1.165, 1.54) is 6.33 Å². The number of hydrogen-bond acceptors (Lipinski definition) is 3. The first-order valence-electron chi connectivity index (χ1n) is 5.14. The van der Waals surface area contributed by atoms with E-state index < -0.39 is 0 Å². The number of nitrogens with one attached hydrogen (secondary N) is 3. The largest absolute Gasteiger partial charge is 0.351 e. The van der Waals surface area contributed by atoms with Gasteiger partial charge in [0, 0.05) is 12.1 Å². The van der Waals surface area contributed by atoms with Crippen molar-refractivity contribution >= 4 is 16.9 Å². The van der Waals surface area contributed by atoms with Gasteiger partial charge in [-0.3, -0.25) is 9.59 Å². The highest BCUT2D eigenvalue weighted by Crippen LogP contribution is 2.20. The molecule has 0 atom stereocenters. The normalized spacial score (nSPS) is 15.6. The van der Waals surface area contributed by atoms with E-state index in [4.69, 9.17) is 0 Å². The molecule has 3 heterocycles. The molecule has 0 radical (unpaired) electrons. The van der Waals surface area contributed by atoms with E-state index in [1.807, 2.05) is 0 Å². The Labute approximate surface area is 90.1 Å². The lowest BCUT2D eigenvalue weighted by Crippen LogP contribution is -2.23. The van der Waals surface area contributed by atoms with Crippen LogP contribution in [0.2, 0.25) is 0 Å². The van der Waals surface area contributed by atoms with E-state index in [-0.39, 0.29) is 11.5 Å². The molecule has 0 saturated heterocycles. The molecule has 3 N–H and O–H groups in total. The number of carbonyl (C=O) groups is 1. The third-order valence-electron chi connectivity index (χ3n) is 2.81. The van der Waals surface area contributed by atoms with Crippen molar-refractivity contribution in [3.05, 3.63) is 27.9 Å². The zero-order valence-corrected chi connectivity index (χ0v) is 8.46. The fraction of sp³-hybridized carbons (Fsp3) is 0.300. The molecular weight excluding hydrogens is 208 g/mol. The molecule has 6 nitrogen and oxygen atoms in total. The van der Waals surface area contributed by atoms with Crippen LogP contribution in [0.25, 0.3) is 11.0 Å². The Balaban J connectivity index is 2.38.